The highest BCUT2D eigenvalue weighted by atomic mass is 16.5. The molecule has 1 aliphatic rings. The molecular formula is C22H21NO5. The number of esters is 1. The number of rotatable bonds is 7. The molecule has 1 aliphatic heterocycles. The Morgan fingerprint density at radius 3 is 2.68 bits per heavy atom. The van der Waals surface area contributed by atoms with Crippen LogP contribution in [0.5, 0.6) is 5.75 Å². The molecule has 0 N–H and O–H groups in total. The molecule has 0 bridgehead atoms. The molecule has 0 spiro atoms. The highest BCUT2D eigenvalue weighted by Crippen LogP contribution is 2.21. The normalized spacial score (nSPS) is 16.1. The Labute approximate surface area is 163 Å². The summed E-state index contributed by atoms with van der Waals surface area (Å²) in [5.74, 6) is 0.922. The van der Waals surface area contributed by atoms with Crippen LogP contribution in [0.15, 0.2) is 65.2 Å². The molecule has 0 radical (unpaired) electrons. The molecular weight excluding hydrogens is 358 g/mol. The third-order valence-electron chi connectivity index (χ3n) is 4.52. The first-order chi connectivity index (χ1) is 13.8. The summed E-state index contributed by atoms with van der Waals surface area (Å²) in [6.07, 6.45) is 2.27. The van der Waals surface area contributed by atoms with E-state index < -0.39 is 5.97 Å². The van der Waals surface area contributed by atoms with Gasteiger partial charge in [-0.2, -0.15) is 0 Å². The lowest BCUT2D eigenvalue weighted by Crippen LogP contribution is -2.16. The van der Waals surface area contributed by atoms with Gasteiger partial charge in [0.2, 0.25) is 0 Å². The van der Waals surface area contributed by atoms with E-state index in [1.807, 2.05) is 30.3 Å². The first-order valence-electron chi connectivity index (χ1n) is 9.30. The van der Waals surface area contributed by atoms with E-state index in [-0.39, 0.29) is 12.7 Å². The maximum absolute atomic E-state index is 12.2. The van der Waals surface area contributed by atoms with Crippen LogP contribution >= 0.6 is 0 Å². The van der Waals surface area contributed by atoms with E-state index in [9.17, 15) is 4.79 Å². The van der Waals surface area contributed by atoms with E-state index in [1.165, 1.54) is 0 Å². The van der Waals surface area contributed by atoms with E-state index in [4.69, 9.17) is 18.7 Å². The molecule has 0 aliphatic carbocycles. The highest BCUT2D eigenvalue weighted by Gasteiger charge is 2.16. The number of benzene rings is 2. The predicted octanol–water partition coefficient (Wildman–Crippen LogP) is 4.26. The van der Waals surface area contributed by atoms with Crippen molar-refractivity contribution in [1.82, 2.24) is 5.16 Å². The van der Waals surface area contributed by atoms with Crippen LogP contribution in [0.4, 0.5) is 0 Å². The molecule has 28 heavy (non-hydrogen) atoms. The minimum absolute atomic E-state index is 0.0481. The molecule has 1 fully saturated rings. The molecule has 1 atom stereocenters. The van der Waals surface area contributed by atoms with Crippen LogP contribution in [0.3, 0.4) is 0 Å². The number of aromatic nitrogens is 1. The van der Waals surface area contributed by atoms with Gasteiger partial charge in [0, 0.05) is 18.2 Å². The van der Waals surface area contributed by atoms with Crippen molar-refractivity contribution in [2.75, 3.05) is 13.2 Å². The molecule has 0 saturated carbocycles. The number of carbonyl (C=O) groups is 1. The van der Waals surface area contributed by atoms with Crippen molar-refractivity contribution in [3.63, 3.8) is 0 Å². The Hall–Kier alpha value is -3.12. The van der Waals surface area contributed by atoms with Gasteiger partial charge < -0.3 is 18.7 Å². The number of hydrogen-bond donors (Lipinski definition) is 0. The maximum Gasteiger partial charge on any atom is 0.338 e. The van der Waals surface area contributed by atoms with Gasteiger partial charge in [-0.3, -0.25) is 0 Å². The van der Waals surface area contributed by atoms with E-state index >= 15 is 0 Å². The first-order valence-corrected chi connectivity index (χ1v) is 9.30. The minimum Gasteiger partial charge on any atom is -0.491 e. The number of hydrogen-bond acceptors (Lipinski definition) is 6. The Kier molecular flexibility index (Phi) is 5.68. The predicted molar refractivity (Wildman–Crippen MR) is 102 cm³/mol. The minimum atomic E-state index is -0.421. The van der Waals surface area contributed by atoms with Crippen LogP contribution < -0.4 is 4.74 Å². The van der Waals surface area contributed by atoms with E-state index in [2.05, 4.69) is 5.16 Å². The largest absolute Gasteiger partial charge is 0.491 e. The molecule has 0 unspecified atom stereocenters. The monoisotopic (exact) mass is 379 g/mol. The van der Waals surface area contributed by atoms with Gasteiger partial charge in [-0.25, -0.2) is 4.79 Å². The van der Waals surface area contributed by atoms with Crippen LogP contribution in [0.2, 0.25) is 0 Å². The quantitative estimate of drug-likeness (QED) is 0.572. The zero-order valence-electron chi connectivity index (χ0n) is 15.4. The second-order valence-electron chi connectivity index (χ2n) is 6.60. The molecule has 1 saturated heterocycles. The van der Waals surface area contributed by atoms with Crippen LogP contribution in [-0.2, 0) is 16.1 Å². The lowest BCUT2D eigenvalue weighted by atomic mass is 10.2. The van der Waals surface area contributed by atoms with Crippen molar-refractivity contribution in [1.29, 1.82) is 0 Å². The molecule has 1 aromatic heterocycles. The van der Waals surface area contributed by atoms with Gasteiger partial charge >= 0.3 is 5.97 Å². The standard InChI is InChI=1S/C22H21NO5/c24-22(17-8-10-19(11-9-17)26-15-20-7-4-12-25-20)27-14-18-13-21(28-23-18)16-5-2-1-3-6-16/h1-3,5-6,8-11,13,20H,4,7,12,14-15H2/t20-/m0/s1. The van der Waals surface area contributed by atoms with Crippen LogP contribution in [0, 0.1) is 0 Å². The molecule has 144 valence electrons. The summed E-state index contributed by atoms with van der Waals surface area (Å²) in [5.41, 5.74) is 1.94. The van der Waals surface area contributed by atoms with Crippen molar-refractivity contribution >= 4 is 5.97 Å². The third-order valence-corrected chi connectivity index (χ3v) is 4.52. The zero-order valence-corrected chi connectivity index (χ0v) is 15.4. The summed E-state index contributed by atoms with van der Waals surface area (Å²) in [6.45, 7) is 1.38. The summed E-state index contributed by atoms with van der Waals surface area (Å²) in [7, 11) is 0. The van der Waals surface area contributed by atoms with Gasteiger partial charge in [0.05, 0.1) is 11.7 Å². The molecule has 4 rings (SSSR count). The first kappa shape index (κ1) is 18.3. The average Bonchev–Trinajstić information content (AvgIpc) is 3.44. The molecule has 2 aromatic carbocycles. The Morgan fingerprint density at radius 1 is 1.11 bits per heavy atom. The van der Waals surface area contributed by atoms with Crippen molar-refractivity contribution in [3.8, 4) is 17.1 Å². The Morgan fingerprint density at radius 2 is 1.93 bits per heavy atom. The van der Waals surface area contributed by atoms with Crippen molar-refractivity contribution in [2.24, 2.45) is 0 Å². The average molecular weight is 379 g/mol. The smallest absolute Gasteiger partial charge is 0.338 e. The molecule has 6 heteroatoms. The molecule has 2 heterocycles. The summed E-state index contributed by atoms with van der Waals surface area (Å²) >= 11 is 0. The second-order valence-corrected chi connectivity index (χ2v) is 6.60. The number of nitrogens with zero attached hydrogens (tertiary/aromatic N) is 1. The van der Waals surface area contributed by atoms with E-state index in [0.29, 0.717) is 29.4 Å². The second kappa shape index (κ2) is 8.71. The van der Waals surface area contributed by atoms with E-state index in [1.54, 1.807) is 30.3 Å². The van der Waals surface area contributed by atoms with Crippen molar-refractivity contribution in [2.45, 2.75) is 25.6 Å². The lowest BCUT2D eigenvalue weighted by molar-refractivity contribution is 0.0464. The molecule has 6 nitrogen and oxygen atoms in total. The highest BCUT2D eigenvalue weighted by molar-refractivity contribution is 5.89. The van der Waals surface area contributed by atoms with Gasteiger partial charge in [0.25, 0.3) is 0 Å². The molecule has 0 amide bonds. The maximum atomic E-state index is 12.2. The topological polar surface area (TPSA) is 70.8 Å². The van der Waals surface area contributed by atoms with Crippen LogP contribution in [0.25, 0.3) is 11.3 Å². The van der Waals surface area contributed by atoms with Crippen molar-refractivity contribution < 1.29 is 23.5 Å². The zero-order chi connectivity index (χ0) is 19.2. The molecule has 3 aromatic rings. The summed E-state index contributed by atoms with van der Waals surface area (Å²) < 4.78 is 21.9. The van der Waals surface area contributed by atoms with Gasteiger partial charge in [-0.05, 0) is 37.1 Å². The Bertz CT molecular complexity index is 898. The SMILES string of the molecule is O=C(OCc1cc(-c2ccccc2)on1)c1ccc(OC[C@@H]2CCCO2)cc1. The fourth-order valence-corrected chi connectivity index (χ4v) is 2.99. The van der Waals surface area contributed by atoms with Gasteiger partial charge in [-0.15, -0.1) is 0 Å². The van der Waals surface area contributed by atoms with Crippen molar-refractivity contribution in [3.05, 3.63) is 71.9 Å². The van der Waals surface area contributed by atoms with Gasteiger partial charge in [0.15, 0.2) is 5.76 Å². The van der Waals surface area contributed by atoms with Crippen LogP contribution in [-0.4, -0.2) is 30.4 Å². The van der Waals surface area contributed by atoms with Gasteiger partial charge in [0.1, 0.15) is 24.7 Å². The summed E-state index contributed by atoms with van der Waals surface area (Å²) in [6, 6.07) is 18.3. The fourth-order valence-electron chi connectivity index (χ4n) is 2.99. The van der Waals surface area contributed by atoms with Gasteiger partial charge in [-0.1, -0.05) is 35.5 Å². The van der Waals surface area contributed by atoms with E-state index in [0.717, 1.165) is 25.0 Å². The number of carbonyl (C=O) groups excluding carboxylic acids is 1. The number of ether oxygens (including phenoxy) is 3. The lowest BCUT2D eigenvalue weighted by Gasteiger charge is -2.11. The fraction of sp³-hybridized carbons (Fsp3) is 0.273. The van der Waals surface area contributed by atoms with Crippen LogP contribution in [0.1, 0.15) is 28.9 Å². The summed E-state index contributed by atoms with van der Waals surface area (Å²) in [5, 5.41) is 3.95. The Balaban J connectivity index is 1.28. The third kappa shape index (κ3) is 4.58. The summed E-state index contributed by atoms with van der Waals surface area (Å²) in [4.78, 5) is 12.2.